The molecule has 0 aromatic carbocycles. The highest BCUT2D eigenvalue weighted by molar-refractivity contribution is 5.66. The molecule has 8 atom stereocenters. The molecule has 0 radical (unpaired) electrons. The first-order valence-electron chi connectivity index (χ1n) is 11.0. The predicted octanol–water partition coefficient (Wildman–Crippen LogP) is 5.99. The van der Waals surface area contributed by atoms with Crippen molar-refractivity contribution in [3.63, 3.8) is 0 Å². The molecule has 4 aliphatic rings. The number of ether oxygens (including phenoxy) is 1. The summed E-state index contributed by atoms with van der Waals surface area (Å²) in [6.45, 7) is 8.91. The Kier molecular flexibility index (Phi) is 4.48. The van der Waals surface area contributed by atoms with Gasteiger partial charge in [-0.2, -0.15) is 0 Å². The Hall–Kier alpha value is -0.530. The van der Waals surface area contributed by atoms with Crippen molar-refractivity contribution in [1.82, 2.24) is 0 Å². The molecule has 25 heavy (non-hydrogen) atoms. The summed E-state index contributed by atoms with van der Waals surface area (Å²) in [5.74, 6) is 4.24. The van der Waals surface area contributed by atoms with Crippen LogP contribution in [0.2, 0.25) is 0 Å². The van der Waals surface area contributed by atoms with E-state index in [0.29, 0.717) is 16.7 Å². The fraction of sp³-hybridized carbons (Fsp3) is 0.957. The molecule has 4 saturated carbocycles. The number of esters is 1. The molecule has 0 N–H and O–H groups in total. The topological polar surface area (TPSA) is 26.3 Å². The molecule has 142 valence electrons. The molecule has 0 saturated heterocycles. The fourth-order valence-electron chi connectivity index (χ4n) is 8.45. The van der Waals surface area contributed by atoms with Gasteiger partial charge < -0.3 is 4.74 Å². The van der Waals surface area contributed by atoms with Crippen molar-refractivity contribution in [2.45, 2.75) is 98.0 Å². The number of fused-ring (bicyclic) bond motifs is 5. The Balaban J connectivity index is 1.56. The molecule has 0 aromatic heterocycles. The third-order valence-electron chi connectivity index (χ3n) is 9.58. The van der Waals surface area contributed by atoms with Gasteiger partial charge in [-0.25, -0.2) is 0 Å². The van der Waals surface area contributed by atoms with Crippen LogP contribution in [0.4, 0.5) is 0 Å². The van der Waals surface area contributed by atoms with E-state index in [1.807, 2.05) is 0 Å². The van der Waals surface area contributed by atoms with Gasteiger partial charge in [0.25, 0.3) is 0 Å². The van der Waals surface area contributed by atoms with Crippen molar-refractivity contribution < 1.29 is 9.53 Å². The predicted molar refractivity (Wildman–Crippen MR) is 101 cm³/mol. The zero-order valence-corrected chi connectivity index (χ0v) is 16.9. The summed E-state index contributed by atoms with van der Waals surface area (Å²) in [5, 5.41) is 0. The van der Waals surface area contributed by atoms with Gasteiger partial charge in [-0.1, -0.05) is 26.7 Å². The van der Waals surface area contributed by atoms with E-state index in [4.69, 9.17) is 4.74 Å². The zero-order chi connectivity index (χ0) is 17.8. The van der Waals surface area contributed by atoms with Crippen LogP contribution < -0.4 is 0 Å². The molecule has 4 aliphatic carbocycles. The average molecular weight is 347 g/mol. The van der Waals surface area contributed by atoms with Crippen LogP contribution in [-0.2, 0) is 9.53 Å². The molecule has 2 nitrogen and oxygen atoms in total. The molecular weight excluding hydrogens is 308 g/mol. The molecule has 0 aliphatic heterocycles. The Morgan fingerprint density at radius 3 is 2.44 bits per heavy atom. The highest BCUT2D eigenvalue weighted by atomic mass is 16.5. The second-order valence-electron chi connectivity index (χ2n) is 10.4. The summed E-state index contributed by atoms with van der Waals surface area (Å²) in [5.41, 5.74) is 1.02. The Bertz CT molecular complexity index is 528. The lowest BCUT2D eigenvalue weighted by Gasteiger charge is -2.60. The SMILES string of the molecule is CC(=O)O[C@@H](C)[C@@H]1CC[C@@H]2[C@@H]3CC[C@H]4CCCC[C@]4(C)[C@@H]3CC[C@]21C. The second-order valence-corrected chi connectivity index (χ2v) is 10.4. The Labute approximate surface area is 154 Å². The molecule has 0 amide bonds. The standard InChI is InChI=1S/C23H38O2/c1-15(25-16(2)24)19-10-11-20-18-9-8-17-7-5-6-13-22(17,3)21(18)12-14-23(19,20)4/h15,17-21H,5-14H2,1-4H3/t15-,17+,18-,19-,20+,21+,22-,23-/m0/s1. The van der Waals surface area contributed by atoms with Crippen molar-refractivity contribution >= 4 is 5.97 Å². The molecule has 0 spiro atoms. The third kappa shape index (κ3) is 2.69. The number of hydrogen-bond acceptors (Lipinski definition) is 2. The first kappa shape index (κ1) is 17.9. The van der Waals surface area contributed by atoms with E-state index < -0.39 is 0 Å². The number of rotatable bonds is 2. The lowest BCUT2D eigenvalue weighted by molar-refractivity contribution is -0.154. The Morgan fingerprint density at radius 2 is 1.68 bits per heavy atom. The molecule has 0 bridgehead atoms. The van der Waals surface area contributed by atoms with Crippen molar-refractivity contribution in [2.24, 2.45) is 40.4 Å². The molecule has 4 fully saturated rings. The Morgan fingerprint density at radius 1 is 0.920 bits per heavy atom. The van der Waals surface area contributed by atoms with Crippen molar-refractivity contribution in [3.8, 4) is 0 Å². The van der Waals surface area contributed by atoms with E-state index in [-0.39, 0.29) is 12.1 Å². The van der Waals surface area contributed by atoms with Gasteiger partial charge in [0.15, 0.2) is 0 Å². The van der Waals surface area contributed by atoms with Gasteiger partial charge in [-0.3, -0.25) is 4.79 Å². The van der Waals surface area contributed by atoms with E-state index in [9.17, 15) is 4.79 Å². The van der Waals surface area contributed by atoms with Gasteiger partial charge in [-0.05, 0) is 92.8 Å². The first-order chi connectivity index (χ1) is 11.9. The normalized spacial score (nSPS) is 50.3. The molecular formula is C23H38O2. The number of carbonyl (C=O) groups excluding carboxylic acids is 1. The summed E-state index contributed by atoms with van der Waals surface area (Å²) < 4.78 is 5.65. The van der Waals surface area contributed by atoms with Gasteiger partial charge in [0.1, 0.15) is 6.10 Å². The van der Waals surface area contributed by atoms with Crippen molar-refractivity contribution in [3.05, 3.63) is 0 Å². The van der Waals surface area contributed by atoms with Crippen molar-refractivity contribution in [2.75, 3.05) is 0 Å². The summed E-state index contributed by atoms with van der Waals surface area (Å²) in [7, 11) is 0. The summed E-state index contributed by atoms with van der Waals surface area (Å²) in [6, 6.07) is 0. The molecule has 0 aromatic rings. The van der Waals surface area contributed by atoms with Crippen LogP contribution in [0.1, 0.15) is 91.9 Å². The lowest BCUT2D eigenvalue weighted by atomic mass is 9.45. The molecule has 0 unspecified atom stereocenters. The first-order valence-corrected chi connectivity index (χ1v) is 11.0. The number of hydrogen-bond donors (Lipinski definition) is 0. The van der Waals surface area contributed by atoms with E-state index in [1.165, 1.54) is 64.2 Å². The van der Waals surface area contributed by atoms with Crippen LogP contribution in [0.3, 0.4) is 0 Å². The fourth-order valence-corrected chi connectivity index (χ4v) is 8.45. The summed E-state index contributed by atoms with van der Waals surface area (Å²) in [6.07, 6.45) is 14.4. The van der Waals surface area contributed by atoms with Crippen molar-refractivity contribution in [1.29, 1.82) is 0 Å². The minimum absolute atomic E-state index is 0.0886. The zero-order valence-electron chi connectivity index (χ0n) is 16.9. The van der Waals surface area contributed by atoms with Crippen LogP contribution in [-0.4, -0.2) is 12.1 Å². The van der Waals surface area contributed by atoms with Gasteiger partial charge >= 0.3 is 5.97 Å². The van der Waals surface area contributed by atoms with Gasteiger partial charge in [0.2, 0.25) is 0 Å². The quantitative estimate of drug-likeness (QED) is 0.574. The van der Waals surface area contributed by atoms with Crippen LogP contribution in [0, 0.1) is 40.4 Å². The molecule has 2 heteroatoms. The van der Waals surface area contributed by atoms with Crippen LogP contribution in [0.15, 0.2) is 0 Å². The van der Waals surface area contributed by atoms with Crippen LogP contribution >= 0.6 is 0 Å². The largest absolute Gasteiger partial charge is 0.463 e. The maximum atomic E-state index is 11.5. The van der Waals surface area contributed by atoms with Gasteiger partial charge in [0.05, 0.1) is 0 Å². The van der Waals surface area contributed by atoms with Crippen LogP contribution in [0.5, 0.6) is 0 Å². The maximum Gasteiger partial charge on any atom is 0.302 e. The average Bonchev–Trinajstić information content (AvgIpc) is 2.91. The lowest BCUT2D eigenvalue weighted by Crippen LogP contribution is -2.53. The summed E-state index contributed by atoms with van der Waals surface area (Å²) in [4.78, 5) is 11.5. The molecule has 0 heterocycles. The second kappa shape index (κ2) is 6.27. The third-order valence-corrected chi connectivity index (χ3v) is 9.58. The van der Waals surface area contributed by atoms with E-state index in [0.717, 1.165) is 23.7 Å². The number of carbonyl (C=O) groups is 1. The minimum Gasteiger partial charge on any atom is -0.463 e. The molecule has 4 rings (SSSR count). The van der Waals surface area contributed by atoms with Gasteiger partial charge in [-0.15, -0.1) is 0 Å². The van der Waals surface area contributed by atoms with E-state index in [1.54, 1.807) is 6.92 Å². The van der Waals surface area contributed by atoms with E-state index in [2.05, 4.69) is 20.8 Å². The maximum absolute atomic E-state index is 11.5. The highest BCUT2D eigenvalue weighted by Crippen LogP contribution is 2.67. The summed E-state index contributed by atoms with van der Waals surface area (Å²) >= 11 is 0. The monoisotopic (exact) mass is 346 g/mol. The van der Waals surface area contributed by atoms with Crippen LogP contribution in [0.25, 0.3) is 0 Å². The minimum atomic E-state index is -0.108. The van der Waals surface area contributed by atoms with Gasteiger partial charge in [0, 0.05) is 12.8 Å². The smallest absolute Gasteiger partial charge is 0.302 e. The highest BCUT2D eigenvalue weighted by Gasteiger charge is 2.60. The van der Waals surface area contributed by atoms with E-state index >= 15 is 0 Å².